The molecule has 0 saturated heterocycles. The highest BCUT2D eigenvalue weighted by atomic mass is 32.1. The Labute approximate surface area is 151 Å². The molecule has 6 nitrogen and oxygen atoms in total. The van der Waals surface area contributed by atoms with Crippen molar-refractivity contribution < 1.29 is 14.3 Å². The Balaban J connectivity index is 2.14. The fourth-order valence-electron chi connectivity index (χ4n) is 3.20. The maximum Gasteiger partial charge on any atom is 0.260 e. The number of benzene rings is 1. The lowest BCUT2D eigenvalue weighted by Crippen LogP contribution is -2.45. The van der Waals surface area contributed by atoms with E-state index in [1.54, 1.807) is 37.6 Å². The van der Waals surface area contributed by atoms with Crippen LogP contribution in [-0.2, 0) is 15.9 Å². The minimum absolute atomic E-state index is 0.177. The van der Waals surface area contributed by atoms with Gasteiger partial charge in [-0.05, 0) is 30.7 Å². The number of methoxy groups -OCH3 is 1. The Morgan fingerprint density at radius 3 is 2.92 bits per heavy atom. The zero-order valence-electron chi connectivity index (χ0n) is 14.1. The molecule has 0 spiro atoms. The van der Waals surface area contributed by atoms with Gasteiger partial charge in [0.1, 0.15) is 0 Å². The molecule has 0 radical (unpaired) electrons. The number of ether oxygens (including phenoxy) is 2. The van der Waals surface area contributed by atoms with Gasteiger partial charge in [-0.15, -0.1) is 0 Å². The van der Waals surface area contributed by atoms with Gasteiger partial charge in [-0.1, -0.05) is 24.9 Å². The summed E-state index contributed by atoms with van der Waals surface area (Å²) in [4.78, 5) is 24.3. The largest absolute Gasteiger partial charge is 0.382 e. The molecule has 1 aromatic carbocycles. The van der Waals surface area contributed by atoms with Crippen molar-refractivity contribution in [3.8, 4) is 0 Å². The van der Waals surface area contributed by atoms with Crippen LogP contribution in [0.1, 0.15) is 34.6 Å². The van der Waals surface area contributed by atoms with Gasteiger partial charge < -0.3 is 9.47 Å². The highest BCUT2D eigenvalue weighted by molar-refractivity contribution is 7.78. The minimum atomic E-state index is -0.634. The van der Waals surface area contributed by atoms with E-state index in [9.17, 15) is 9.59 Å². The molecule has 2 atom stereocenters. The summed E-state index contributed by atoms with van der Waals surface area (Å²) in [5.74, 6) is -0.310. The van der Waals surface area contributed by atoms with Crippen molar-refractivity contribution in [3.05, 3.63) is 69.6 Å². The number of pyridine rings is 1. The molecule has 7 heteroatoms. The van der Waals surface area contributed by atoms with E-state index in [1.807, 2.05) is 13.0 Å². The normalized spacial score (nSPS) is 22.3. The predicted molar refractivity (Wildman–Crippen MR) is 96.8 cm³/mol. The molecule has 0 saturated carbocycles. The van der Waals surface area contributed by atoms with E-state index in [2.05, 4.69) is 17.5 Å². The average Bonchev–Trinajstić information content (AvgIpc) is 2.60. The second kappa shape index (κ2) is 7.03. The van der Waals surface area contributed by atoms with Crippen molar-refractivity contribution in [2.45, 2.75) is 25.2 Å². The maximum atomic E-state index is 12.3. The third kappa shape index (κ3) is 3.49. The van der Waals surface area contributed by atoms with Crippen LogP contribution in [0.2, 0.25) is 0 Å². The van der Waals surface area contributed by atoms with Gasteiger partial charge in [-0.25, -0.2) is 0 Å². The summed E-state index contributed by atoms with van der Waals surface area (Å²) in [6.07, 6.45) is 1.67. The number of fused-ring (bicyclic) bond motifs is 1. The van der Waals surface area contributed by atoms with E-state index in [4.69, 9.17) is 9.47 Å². The highest BCUT2D eigenvalue weighted by Crippen LogP contribution is 2.37. The number of nitrogens with one attached hydrogen (secondary N) is 1. The van der Waals surface area contributed by atoms with Crippen LogP contribution < -0.4 is 10.3 Å². The first-order valence-electron chi connectivity index (χ1n) is 7.88. The van der Waals surface area contributed by atoms with Gasteiger partial charge in [0.2, 0.25) is 0 Å². The second-order valence-electron chi connectivity index (χ2n) is 6.33. The van der Waals surface area contributed by atoms with E-state index < -0.39 is 11.8 Å². The van der Waals surface area contributed by atoms with Crippen LogP contribution in [0.3, 0.4) is 0 Å². The molecule has 2 aromatic rings. The first-order chi connectivity index (χ1) is 12.0. The van der Waals surface area contributed by atoms with Crippen LogP contribution in [0.5, 0.6) is 0 Å². The van der Waals surface area contributed by atoms with E-state index >= 15 is 0 Å². The quantitative estimate of drug-likeness (QED) is 0.818. The summed E-state index contributed by atoms with van der Waals surface area (Å²) in [6, 6.07) is 10.3. The van der Waals surface area contributed by atoms with Crippen LogP contribution in [0.25, 0.3) is 0 Å². The van der Waals surface area contributed by atoms with Gasteiger partial charge >= 0.3 is 0 Å². The van der Waals surface area contributed by atoms with Gasteiger partial charge in [-0.3, -0.25) is 18.9 Å². The molecule has 3 rings (SSSR count). The number of thiol groups is 1. The number of carbonyl (C=O) groups is 1. The molecule has 2 heterocycles. The Morgan fingerprint density at radius 2 is 2.24 bits per heavy atom. The summed E-state index contributed by atoms with van der Waals surface area (Å²) in [5.41, 5.74) is 1.51. The topological polar surface area (TPSA) is 69.6 Å². The van der Waals surface area contributed by atoms with Crippen molar-refractivity contribution in [1.82, 2.24) is 9.29 Å². The molecule has 0 fully saturated rings. The molecule has 132 valence electrons. The lowest BCUT2D eigenvalue weighted by Gasteiger charge is -2.40. The molecular weight excluding hydrogens is 340 g/mol. The third-order valence-electron chi connectivity index (χ3n) is 4.29. The highest BCUT2D eigenvalue weighted by Gasteiger charge is 2.38. The number of rotatable bonds is 4. The van der Waals surface area contributed by atoms with Gasteiger partial charge in [0.25, 0.3) is 11.5 Å². The van der Waals surface area contributed by atoms with Crippen molar-refractivity contribution >= 4 is 18.7 Å². The van der Waals surface area contributed by atoms with Crippen molar-refractivity contribution in [3.63, 3.8) is 0 Å². The molecule has 1 amide bonds. The van der Waals surface area contributed by atoms with Crippen LogP contribution >= 0.6 is 12.8 Å². The minimum Gasteiger partial charge on any atom is -0.382 e. The summed E-state index contributed by atoms with van der Waals surface area (Å²) in [5, 5.41) is 0. The van der Waals surface area contributed by atoms with Crippen molar-refractivity contribution in [2.75, 3.05) is 13.7 Å². The number of hydrogen-bond donors (Lipinski definition) is 2. The van der Waals surface area contributed by atoms with E-state index in [1.165, 1.54) is 10.6 Å². The fourth-order valence-corrected chi connectivity index (χ4v) is 3.33. The molecule has 1 aliphatic heterocycles. The van der Waals surface area contributed by atoms with Crippen LogP contribution in [0.4, 0.5) is 0 Å². The third-order valence-corrected chi connectivity index (χ3v) is 4.49. The molecular formula is C18H20N2O4S. The SMILES string of the molecule is COCC1(C)Cc2ccc(C(=O)NS)cc2C(n2ccccc2=O)O1. The smallest absolute Gasteiger partial charge is 0.260 e. The average molecular weight is 360 g/mol. The molecule has 0 bridgehead atoms. The summed E-state index contributed by atoms with van der Waals surface area (Å²) < 4.78 is 15.4. The molecule has 25 heavy (non-hydrogen) atoms. The number of aromatic nitrogens is 1. The van der Waals surface area contributed by atoms with E-state index in [0.29, 0.717) is 18.6 Å². The number of nitrogens with zero attached hydrogens (tertiary/aromatic N) is 1. The van der Waals surface area contributed by atoms with Crippen LogP contribution in [0, 0.1) is 0 Å². The zero-order chi connectivity index (χ0) is 18.0. The first-order valence-corrected chi connectivity index (χ1v) is 8.33. The Kier molecular flexibility index (Phi) is 4.99. The number of hydrogen-bond acceptors (Lipinski definition) is 5. The monoisotopic (exact) mass is 360 g/mol. The number of amides is 1. The van der Waals surface area contributed by atoms with Gasteiger partial charge in [-0.2, -0.15) is 0 Å². The predicted octanol–water partition coefficient (Wildman–Crippen LogP) is 1.95. The zero-order valence-corrected chi connectivity index (χ0v) is 15.0. The summed E-state index contributed by atoms with van der Waals surface area (Å²) in [6.45, 7) is 2.35. The maximum absolute atomic E-state index is 12.3. The van der Waals surface area contributed by atoms with Crippen molar-refractivity contribution in [2.24, 2.45) is 0 Å². The molecule has 0 aliphatic carbocycles. The van der Waals surface area contributed by atoms with E-state index in [-0.39, 0.29) is 11.5 Å². The van der Waals surface area contributed by atoms with Crippen LogP contribution in [0.15, 0.2) is 47.4 Å². The Bertz CT molecular complexity index is 851. The van der Waals surface area contributed by atoms with Gasteiger partial charge in [0, 0.05) is 36.9 Å². The Hall–Kier alpha value is -2.09. The fraction of sp³-hybridized carbons (Fsp3) is 0.333. The Morgan fingerprint density at radius 1 is 1.44 bits per heavy atom. The number of carbonyl (C=O) groups excluding carboxylic acids is 1. The second-order valence-corrected chi connectivity index (χ2v) is 6.55. The standard InChI is InChI=1S/C18H20N2O4S/c1-18(11-23-2)10-13-7-6-12(16(22)19-25)9-14(13)17(24-18)20-8-4-3-5-15(20)21/h3-9,17,25H,10-11H2,1-2H3,(H,19,22). The molecule has 2 unspecified atom stereocenters. The van der Waals surface area contributed by atoms with Gasteiger partial charge in [0.05, 0.1) is 12.2 Å². The van der Waals surface area contributed by atoms with E-state index in [0.717, 1.165) is 11.1 Å². The van der Waals surface area contributed by atoms with Crippen LogP contribution in [-0.4, -0.2) is 29.8 Å². The summed E-state index contributed by atoms with van der Waals surface area (Å²) >= 11 is 3.81. The lowest BCUT2D eigenvalue weighted by atomic mass is 9.88. The summed E-state index contributed by atoms with van der Waals surface area (Å²) in [7, 11) is 1.62. The first kappa shape index (κ1) is 17.7. The lowest BCUT2D eigenvalue weighted by molar-refractivity contribution is -0.138. The molecule has 1 aromatic heterocycles. The van der Waals surface area contributed by atoms with Crippen molar-refractivity contribution in [1.29, 1.82) is 0 Å². The van der Waals surface area contributed by atoms with Gasteiger partial charge in [0.15, 0.2) is 6.23 Å². The molecule has 1 aliphatic rings. The molecule has 1 N–H and O–H groups in total.